The highest BCUT2D eigenvalue weighted by Crippen LogP contribution is 2.43. The zero-order valence-electron chi connectivity index (χ0n) is 26.5. The largest absolute Gasteiger partial charge is 0.445 e. The molecule has 0 aliphatic carbocycles. The second kappa shape index (κ2) is 15.9. The van der Waals surface area contributed by atoms with E-state index in [1.807, 2.05) is 103 Å². The second-order valence-corrected chi connectivity index (χ2v) is 12.4. The quantitative estimate of drug-likeness (QED) is 0.109. The van der Waals surface area contributed by atoms with Crippen LogP contribution >= 0.6 is 11.8 Å². The van der Waals surface area contributed by atoms with Gasteiger partial charge in [-0.05, 0) is 56.4 Å². The van der Waals surface area contributed by atoms with Crippen molar-refractivity contribution in [2.45, 2.75) is 43.7 Å². The summed E-state index contributed by atoms with van der Waals surface area (Å²) in [4.78, 5) is 11.9. The predicted molar refractivity (Wildman–Crippen MR) is 183 cm³/mol. The number of ether oxygens (including phenoxy) is 3. The standard InChI is InChI=1S/C37H37N5O5S/c1-3-20-45-37(44)38-22-27-8-7-9-31(21-27)28-16-18-30(19-17-28)35-46-33(25(2)34(47-35)29-14-12-26(23-43)13-15-29)24-48-36-39-40-41-42(36)32-10-5-4-6-11-32/h3-19,21,25,33-35,43H,1,20,22-24H2,2H3,(H,38,44)/t25-,33+,34+,35+/m0/s1. The first-order chi connectivity index (χ1) is 23.5. The lowest BCUT2D eigenvalue weighted by molar-refractivity contribution is -0.268. The van der Waals surface area contributed by atoms with Gasteiger partial charge in [0.1, 0.15) is 6.61 Å². The van der Waals surface area contributed by atoms with E-state index in [1.54, 1.807) is 16.4 Å². The summed E-state index contributed by atoms with van der Waals surface area (Å²) in [5.74, 6) is 0.624. The van der Waals surface area contributed by atoms with Gasteiger partial charge in [-0.3, -0.25) is 0 Å². The molecule has 1 aliphatic rings. The molecule has 0 saturated carbocycles. The van der Waals surface area contributed by atoms with Crippen LogP contribution in [0.1, 0.15) is 41.6 Å². The van der Waals surface area contributed by atoms with Crippen molar-refractivity contribution < 1.29 is 24.1 Å². The van der Waals surface area contributed by atoms with E-state index < -0.39 is 12.4 Å². The van der Waals surface area contributed by atoms with Gasteiger partial charge < -0.3 is 24.6 Å². The number of aromatic nitrogens is 4. The van der Waals surface area contributed by atoms with Crippen LogP contribution in [0.15, 0.2) is 121 Å². The first-order valence-corrected chi connectivity index (χ1v) is 16.7. The predicted octanol–water partition coefficient (Wildman–Crippen LogP) is 6.82. The molecule has 0 radical (unpaired) electrons. The van der Waals surface area contributed by atoms with E-state index in [1.165, 1.54) is 6.08 Å². The molecular weight excluding hydrogens is 627 g/mol. The highest BCUT2D eigenvalue weighted by molar-refractivity contribution is 7.99. The first-order valence-electron chi connectivity index (χ1n) is 15.7. The number of nitrogens with zero attached hydrogens (tertiary/aromatic N) is 4. The fourth-order valence-corrected chi connectivity index (χ4v) is 6.57. The summed E-state index contributed by atoms with van der Waals surface area (Å²) < 4.78 is 20.0. The normalized spacial score (nSPS) is 19.0. The lowest BCUT2D eigenvalue weighted by atomic mass is 9.91. The van der Waals surface area contributed by atoms with Crippen LogP contribution in [0, 0.1) is 5.92 Å². The van der Waals surface area contributed by atoms with Crippen LogP contribution < -0.4 is 5.32 Å². The van der Waals surface area contributed by atoms with Crippen molar-refractivity contribution in [3.63, 3.8) is 0 Å². The maximum atomic E-state index is 11.9. The van der Waals surface area contributed by atoms with E-state index >= 15 is 0 Å². The fourth-order valence-electron chi connectivity index (χ4n) is 5.52. The Hall–Kier alpha value is -4.81. The number of aliphatic hydroxyl groups is 1. The van der Waals surface area contributed by atoms with Crippen molar-refractivity contribution in [3.05, 3.63) is 138 Å². The Bertz CT molecular complexity index is 1800. The number of carbonyl (C=O) groups excluding carboxylic acids is 1. The van der Waals surface area contributed by atoms with E-state index in [4.69, 9.17) is 14.2 Å². The molecule has 2 N–H and O–H groups in total. The van der Waals surface area contributed by atoms with Gasteiger partial charge in [-0.15, -0.1) is 5.10 Å². The molecular formula is C37H37N5O5S. The molecule has 0 spiro atoms. The van der Waals surface area contributed by atoms with Gasteiger partial charge in [0, 0.05) is 23.8 Å². The van der Waals surface area contributed by atoms with Crippen molar-refractivity contribution in [1.29, 1.82) is 0 Å². The summed E-state index contributed by atoms with van der Waals surface area (Å²) in [5.41, 5.74) is 6.65. The minimum Gasteiger partial charge on any atom is -0.445 e. The highest BCUT2D eigenvalue weighted by atomic mass is 32.2. The van der Waals surface area contributed by atoms with Gasteiger partial charge in [-0.2, -0.15) is 4.68 Å². The van der Waals surface area contributed by atoms with Crippen molar-refractivity contribution in [3.8, 4) is 16.8 Å². The molecule has 1 aliphatic heterocycles. The molecule has 1 saturated heterocycles. The van der Waals surface area contributed by atoms with E-state index in [0.717, 1.165) is 39.1 Å². The van der Waals surface area contributed by atoms with Crippen LogP contribution in [0.4, 0.5) is 4.79 Å². The third kappa shape index (κ3) is 8.00. The summed E-state index contributed by atoms with van der Waals surface area (Å²) in [6, 6.07) is 33.8. The number of aliphatic hydroxyl groups excluding tert-OH is 1. The number of benzene rings is 4. The van der Waals surface area contributed by atoms with Crippen molar-refractivity contribution in [2.75, 3.05) is 12.4 Å². The van der Waals surface area contributed by atoms with Gasteiger partial charge in [-0.25, -0.2) is 4.79 Å². The second-order valence-electron chi connectivity index (χ2n) is 11.4. The molecule has 1 amide bonds. The molecule has 1 fully saturated rings. The van der Waals surface area contributed by atoms with E-state index in [2.05, 4.69) is 34.3 Å². The highest BCUT2D eigenvalue weighted by Gasteiger charge is 2.38. The number of hydrogen-bond donors (Lipinski definition) is 2. The molecule has 11 heteroatoms. The Kier molecular flexibility index (Phi) is 10.9. The number of rotatable bonds is 12. The van der Waals surface area contributed by atoms with Crippen LogP contribution in [0.2, 0.25) is 0 Å². The summed E-state index contributed by atoms with van der Waals surface area (Å²) in [7, 11) is 0. The molecule has 5 aromatic rings. The zero-order valence-corrected chi connectivity index (χ0v) is 27.3. The summed E-state index contributed by atoms with van der Waals surface area (Å²) in [5, 5.41) is 25.4. The maximum Gasteiger partial charge on any atom is 0.407 e. The van der Waals surface area contributed by atoms with Gasteiger partial charge in [0.05, 0.1) is 24.5 Å². The average Bonchev–Trinajstić information content (AvgIpc) is 3.62. The smallest absolute Gasteiger partial charge is 0.407 e. The molecule has 48 heavy (non-hydrogen) atoms. The molecule has 1 aromatic heterocycles. The Morgan fingerprint density at radius 2 is 1.73 bits per heavy atom. The third-order valence-corrected chi connectivity index (χ3v) is 9.16. The minimum atomic E-state index is -0.606. The monoisotopic (exact) mass is 663 g/mol. The average molecular weight is 664 g/mol. The van der Waals surface area contributed by atoms with Crippen molar-refractivity contribution in [1.82, 2.24) is 25.5 Å². The Morgan fingerprint density at radius 1 is 0.958 bits per heavy atom. The van der Waals surface area contributed by atoms with Crippen molar-refractivity contribution in [2.24, 2.45) is 5.92 Å². The lowest BCUT2D eigenvalue weighted by Gasteiger charge is -2.41. The Balaban J connectivity index is 1.20. The number of tetrazole rings is 1. The fraction of sp³-hybridized carbons (Fsp3) is 0.243. The van der Waals surface area contributed by atoms with Crippen molar-refractivity contribution >= 4 is 17.9 Å². The molecule has 4 aromatic carbocycles. The third-order valence-electron chi connectivity index (χ3n) is 8.15. The number of para-hydroxylation sites is 1. The molecule has 10 nitrogen and oxygen atoms in total. The van der Waals surface area contributed by atoms with Gasteiger partial charge >= 0.3 is 6.09 Å². The summed E-state index contributed by atoms with van der Waals surface area (Å²) in [6.07, 6.45) is 0.0144. The van der Waals surface area contributed by atoms with Gasteiger partial charge in [-0.1, -0.05) is 116 Å². The number of hydrogen-bond acceptors (Lipinski definition) is 9. The number of carbonyl (C=O) groups is 1. The van der Waals surface area contributed by atoms with E-state index in [-0.39, 0.29) is 31.3 Å². The maximum absolute atomic E-state index is 11.9. The molecule has 4 atom stereocenters. The Morgan fingerprint density at radius 3 is 2.48 bits per heavy atom. The van der Waals surface area contributed by atoms with Crippen LogP contribution in [0.25, 0.3) is 16.8 Å². The van der Waals surface area contributed by atoms with Crippen LogP contribution in [0.3, 0.4) is 0 Å². The van der Waals surface area contributed by atoms with E-state index in [0.29, 0.717) is 17.5 Å². The number of thioether (sulfide) groups is 1. The van der Waals surface area contributed by atoms with Crippen LogP contribution in [-0.2, 0) is 27.4 Å². The minimum absolute atomic E-state index is 0.0134. The van der Waals surface area contributed by atoms with Gasteiger partial charge in [0.2, 0.25) is 5.16 Å². The molecule has 246 valence electrons. The molecule has 6 rings (SSSR count). The lowest BCUT2D eigenvalue weighted by Crippen LogP contribution is -2.38. The number of nitrogens with one attached hydrogen (secondary N) is 1. The van der Waals surface area contributed by atoms with Crippen LogP contribution in [-0.4, -0.2) is 49.9 Å². The molecule has 0 unspecified atom stereocenters. The molecule has 0 bridgehead atoms. The Labute approximate surface area is 283 Å². The number of alkyl carbamates (subject to hydrolysis) is 1. The topological polar surface area (TPSA) is 121 Å². The van der Waals surface area contributed by atoms with E-state index in [9.17, 15) is 9.90 Å². The van der Waals surface area contributed by atoms with Gasteiger partial charge in [0.25, 0.3) is 0 Å². The first kappa shape index (κ1) is 33.1. The zero-order chi connectivity index (χ0) is 33.3. The summed E-state index contributed by atoms with van der Waals surface area (Å²) >= 11 is 1.54. The number of amides is 1. The van der Waals surface area contributed by atoms with Crippen LogP contribution in [0.5, 0.6) is 0 Å². The SMILES string of the molecule is C=CCOC(=O)NCc1cccc(-c2ccc([C@@H]3O[C@H](CSc4nnnn4-c4ccccc4)[C@H](C)[C@H](c4ccc(CO)cc4)O3)cc2)c1. The summed E-state index contributed by atoms with van der Waals surface area (Å²) in [6.45, 7) is 6.19. The van der Waals surface area contributed by atoms with Gasteiger partial charge in [0.15, 0.2) is 6.29 Å². The molecule has 2 heterocycles.